The van der Waals surface area contributed by atoms with Crippen LogP contribution < -0.4 is 4.90 Å². The summed E-state index contributed by atoms with van der Waals surface area (Å²) in [6.07, 6.45) is 1.98. The maximum Gasteiger partial charge on any atom is 0.253 e. The first-order chi connectivity index (χ1) is 17.5. The van der Waals surface area contributed by atoms with E-state index in [0.717, 1.165) is 9.80 Å². The van der Waals surface area contributed by atoms with Gasteiger partial charge >= 0.3 is 0 Å². The molecule has 2 heterocycles. The maximum absolute atomic E-state index is 13.8. The summed E-state index contributed by atoms with van der Waals surface area (Å²) in [7, 11) is 1.33. The Bertz CT molecular complexity index is 1430. The van der Waals surface area contributed by atoms with Crippen molar-refractivity contribution in [2.24, 2.45) is 17.8 Å². The number of phenols is 1. The van der Waals surface area contributed by atoms with Crippen molar-refractivity contribution < 1.29 is 24.3 Å². The summed E-state index contributed by atoms with van der Waals surface area (Å²) in [6.45, 7) is 0. The van der Waals surface area contributed by atoms with E-state index in [9.17, 15) is 24.3 Å². The fourth-order valence-corrected chi connectivity index (χ4v) is 7.80. The zero-order chi connectivity index (χ0) is 26.4. The number of hydrogen-bond donors (Lipinski definition) is 1. The van der Waals surface area contributed by atoms with E-state index in [1.54, 1.807) is 42.5 Å². The molecule has 2 aliphatic carbocycles. The molecule has 10 heteroatoms. The SMILES string of the molecule is CN1C(=O)[C@]2(Cl)C[C@@H]3C(=CC[C@@H]4C(=O)N(c5ccc(Cl)cc5)C(=O)[C@@H]43)[C@H](c3ccccc3O)[C@]2(Cl)C1=O. The summed E-state index contributed by atoms with van der Waals surface area (Å²) in [6, 6.07) is 12.9. The molecule has 2 aromatic carbocycles. The fourth-order valence-electron chi connectivity index (χ4n) is 6.67. The van der Waals surface area contributed by atoms with Crippen molar-refractivity contribution in [3.63, 3.8) is 0 Å². The van der Waals surface area contributed by atoms with Gasteiger partial charge in [0.05, 0.1) is 17.5 Å². The zero-order valence-corrected chi connectivity index (χ0v) is 21.8. The largest absolute Gasteiger partial charge is 0.508 e. The number of fused-ring (bicyclic) bond motifs is 4. The summed E-state index contributed by atoms with van der Waals surface area (Å²) in [5.41, 5.74) is 1.37. The standard InChI is InChI=1S/C27H21Cl3N2O5/c1-31-24(36)26(29)12-18-15(21(27(26,30)25(31)37)16-4-2-3-5-19(16)33)10-11-17-20(18)23(35)32(22(17)34)14-8-6-13(28)7-9-14/h2-10,17-18,20-21,33H,11-12H2,1H3/t17-,18+,20-,21+,26+,27-/m0/s1. The van der Waals surface area contributed by atoms with Crippen LogP contribution in [0.3, 0.4) is 0 Å². The molecular weight excluding hydrogens is 539 g/mol. The Hall–Kier alpha value is -2.87. The molecule has 0 unspecified atom stereocenters. The Balaban J connectivity index is 1.52. The van der Waals surface area contributed by atoms with Gasteiger partial charge in [-0.05, 0) is 49.1 Å². The molecule has 0 bridgehead atoms. The molecule has 0 spiro atoms. The number of likely N-dealkylation sites (tertiary alicyclic amines) is 1. The van der Waals surface area contributed by atoms with Crippen LogP contribution in [0.2, 0.25) is 5.02 Å². The predicted octanol–water partition coefficient (Wildman–Crippen LogP) is 4.24. The first kappa shape index (κ1) is 24.5. The third-order valence-corrected chi connectivity index (χ3v) is 10.0. The van der Waals surface area contributed by atoms with Gasteiger partial charge in [-0.3, -0.25) is 29.0 Å². The highest BCUT2D eigenvalue weighted by molar-refractivity contribution is 6.53. The second kappa shape index (κ2) is 8.06. The number of nitrogens with zero attached hydrogens (tertiary/aromatic N) is 2. The number of allylic oxidation sites excluding steroid dienone is 2. The van der Waals surface area contributed by atoms with Crippen LogP contribution in [-0.4, -0.2) is 50.4 Å². The van der Waals surface area contributed by atoms with Crippen LogP contribution >= 0.6 is 34.8 Å². The maximum atomic E-state index is 13.8. The van der Waals surface area contributed by atoms with Crippen molar-refractivity contribution in [1.82, 2.24) is 4.90 Å². The molecule has 3 fully saturated rings. The fraction of sp³-hybridized carbons (Fsp3) is 0.333. The predicted molar refractivity (Wildman–Crippen MR) is 138 cm³/mol. The smallest absolute Gasteiger partial charge is 0.253 e. The second-order valence-electron chi connectivity index (χ2n) is 10.0. The molecule has 1 N–H and O–H groups in total. The number of rotatable bonds is 2. The third kappa shape index (κ3) is 3.02. The first-order valence-electron chi connectivity index (χ1n) is 11.8. The number of carbonyl (C=O) groups is 4. The number of para-hydroxylation sites is 1. The van der Waals surface area contributed by atoms with E-state index < -0.39 is 51.1 Å². The molecule has 2 saturated heterocycles. The van der Waals surface area contributed by atoms with Crippen molar-refractivity contribution in [2.45, 2.75) is 28.5 Å². The summed E-state index contributed by atoms with van der Waals surface area (Å²) in [4.78, 5) is 52.5. The highest BCUT2D eigenvalue weighted by atomic mass is 35.5. The Morgan fingerprint density at radius 1 is 0.919 bits per heavy atom. The van der Waals surface area contributed by atoms with Gasteiger partial charge in [0.2, 0.25) is 11.8 Å². The number of aromatic hydroxyl groups is 1. The van der Waals surface area contributed by atoms with E-state index in [4.69, 9.17) is 34.8 Å². The van der Waals surface area contributed by atoms with E-state index in [1.807, 2.05) is 6.08 Å². The van der Waals surface area contributed by atoms with E-state index in [0.29, 0.717) is 21.8 Å². The van der Waals surface area contributed by atoms with Gasteiger partial charge in [-0.1, -0.05) is 41.4 Å². The number of alkyl halides is 2. The van der Waals surface area contributed by atoms with E-state index >= 15 is 0 Å². The lowest BCUT2D eigenvalue weighted by Crippen LogP contribution is -2.60. The Morgan fingerprint density at radius 2 is 1.59 bits per heavy atom. The molecule has 0 radical (unpaired) electrons. The van der Waals surface area contributed by atoms with E-state index in [2.05, 4.69) is 0 Å². The summed E-state index contributed by atoms with van der Waals surface area (Å²) in [5, 5.41) is 11.3. The van der Waals surface area contributed by atoms with Crippen LogP contribution in [0.1, 0.15) is 24.3 Å². The van der Waals surface area contributed by atoms with Gasteiger partial charge in [0, 0.05) is 23.6 Å². The van der Waals surface area contributed by atoms with Crippen LogP contribution in [0.4, 0.5) is 5.69 Å². The number of anilines is 1. The highest BCUT2D eigenvalue weighted by Gasteiger charge is 2.76. The lowest BCUT2D eigenvalue weighted by atomic mass is 9.56. The normalized spacial score (nSPS) is 34.9. The number of hydrogen-bond acceptors (Lipinski definition) is 5. The van der Waals surface area contributed by atoms with Gasteiger partial charge in [0.1, 0.15) is 5.75 Å². The Kier molecular flexibility index (Phi) is 5.33. The molecule has 4 amide bonds. The number of halogens is 3. The van der Waals surface area contributed by atoms with Gasteiger partial charge in [0.15, 0.2) is 9.75 Å². The zero-order valence-electron chi connectivity index (χ0n) is 19.5. The number of imide groups is 2. The molecule has 4 aliphatic rings. The van der Waals surface area contributed by atoms with Gasteiger partial charge in [-0.25, -0.2) is 0 Å². The van der Waals surface area contributed by atoms with Crippen LogP contribution in [0.15, 0.2) is 60.2 Å². The molecule has 1 saturated carbocycles. The summed E-state index contributed by atoms with van der Waals surface area (Å²) in [5.74, 6) is -5.28. The van der Waals surface area contributed by atoms with Crippen molar-refractivity contribution in [1.29, 1.82) is 0 Å². The lowest BCUT2D eigenvalue weighted by Gasteiger charge is -2.50. The minimum absolute atomic E-state index is 0.0997. The summed E-state index contributed by atoms with van der Waals surface area (Å²) >= 11 is 20.2. The number of benzene rings is 2. The van der Waals surface area contributed by atoms with Gasteiger partial charge < -0.3 is 5.11 Å². The van der Waals surface area contributed by atoms with Crippen molar-refractivity contribution >= 4 is 64.1 Å². The third-order valence-electron chi connectivity index (χ3n) is 8.35. The van der Waals surface area contributed by atoms with Crippen molar-refractivity contribution in [2.75, 3.05) is 11.9 Å². The van der Waals surface area contributed by atoms with Crippen LogP contribution in [0.25, 0.3) is 0 Å². The van der Waals surface area contributed by atoms with Crippen LogP contribution in [0.5, 0.6) is 5.75 Å². The monoisotopic (exact) mass is 558 g/mol. The van der Waals surface area contributed by atoms with Crippen LogP contribution in [0, 0.1) is 17.8 Å². The molecule has 6 rings (SSSR count). The topological polar surface area (TPSA) is 95.0 Å². The number of amides is 4. The molecule has 37 heavy (non-hydrogen) atoms. The molecule has 2 aromatic rings. The molecular formula is C27H21Cl3N2O5. The lowest BCUT2D eigenvalue weighted by molar-refractivity contribution is -0.138. The van der Waals surface area contributed by atoms with E-state index in [1.165, 1.54) is 13.1 Å². The van der Waals surface area contributed by atoms with E-state index in [-0.39, 0.29) is 24.5 Å². The molecule has 190 valence electrons. The first-order valence-corrected chi connectivity index (χ1v) is 13.0. The highest BCUT2D eigenvalue weighted by Crippen LogP contribution is 2.66. The average Bonchev–Trinajstić information content (AvgIpc) is 3.20. The Labute approximate surface area is 227 Å². The quantitative estimate of drug-likeness (QED) is 0.337. The molecule has 6 atom stereocenters. The summed E-state index contributed by atoms with van der Waals surface area (Å²) < 4.78 is 0. The molecule has 7 nitrogen and oxygen atoms in total. The Morgan fingerprint density at radius 3 is 2.27 bits per heavy atom. The average molecular weight is 560 g/mol. The number of carbonyl (C=O) groups excluding carboxylic acids is 4. The van der Waals surface area contributed by atoms with Crippen LogP contribution in [-0.2, 0) is 19.2 Å². The van der Waals surface area contributed by atoms with Gasteiger partial charge in [0.25, 0.3) is 11.8 Å². The minimum atomic E-state index is -1.92. The van der Waals surface area contributed by atoms with Crippen molar-refractivity contribution in [3.05, 3.63) is 70.8 Å². The molecule has 2 aliphatic heterocycles. The van der Waals surface area contributed by atoms with Gasteiger partial charge in [-0.15, -0.1) is 23.2 Å². The minimum Gasteiger partial charge on any atom is -0.508 e. The molecule has 0 aromatic heterocycles. The van der Waals surface area contributed by atoms with Crippen molar-refractivity contribution in [3.8, 4) is 5.75 Å². The van der Waals surface area contributed by atoms with Gasteiger partial charge in [-0.2, -0.15) is 0 Å². The number of phenolic OH excluding ortho intramolecular Hbond substituents is 1. The second-order valence-corrected chi connectivity index (χ2v) is 11.7.